The molecular weight excluding hydrogens is 220 g/mol. The lowest BCUT2D eigenvalue weighted by molar-refractivity contribution is 1.12. The average molecular weight is 242 g/mol. The lowest BCUT2D eigenvalue weighted by Crippen LogP contribution is -1.87. The fourth-order valence-corrected chi connectivity index (χ4v) is 1.54. The Balaban J connectivity index is 0.000000180. The van der Waals surface area contributed by atoms with Crippen LogP contribution in [0.2, 0.25) is 0 Å². The van der Waals surface area contributed by atoms with Crippen LogP contribution >= 0.6 is 0 Å². The molecule has 0 aliphatic carbocycles. The maximum Gasteiger partial charge on any atom is 0.0404 e. The fraction of sp³-hybridized carbons (Fsp3) is 0.375. The van der Waals surface area contributed by atoms with Crippen molar-refractivity contribution in [3.8, 4) is 0 Å². The van der Waals surface area contributed by atoms with E-state index in [9.17, 15) is 0 Å². The Bertz CT molecular complexity index is 441. The van der Waals surface area contributed by atoms with Crippen LogP contribution in [0.15, 0.2) is 24.5 Å². The van der Waals surface area contributed by atoms with E-state index in [0.29, 0.717) is 0 Å². The first-order valence-electron chi connectivity index (χ1n) is 6.21. The second kappa shape index (κ2) is 6.29. The van der Waals surface area contributed by atoms with E-state index in [4.69, 9.17) is 0 Å². The van der Waals surface area contributed by atoms with Crippen LogP contribution in [0.4, 0.5) is 0 Å². The van der Waals surface area contributed by atoms with Gasteiger partial charge in [-0.3, -0.25) is 9.97 Å². The number of hydrogen-bond acceptors (Lipinski definition) is 2. The second-order valence-corrected chi connectivity index (χ2v) is 4.68. The van der Waals surface area contributed by atoms with E-state index in [1.165, 1.54) is 22.3 Å². The molecule has 2 heteroatoms. The van der Waals surface area contributed by atoms with Crippen molar-refractivity contribution in [2.75, 3.05) is 0 Å². The highest BCUT2D eigenvalue weighted by molar-refractivity contribution is 5.26. The van der Waals surface area contributed by atoms with Crippen molar-refractivity contribution in [2.45, 2.75) is 41.5 Å². The molecule has 0 amide bonds. The first-order chi connectivity index (χ1) is 8.43. The van der Waals surface area contributed by atoms with Gasteiger partial charge in [-0.15, -0.1) is 0 Å². The number of rotatable bonds is 0. The van der Waals surface area contributed by atoms with Crippen LogP contribution in [0.1, 0.15) is 33.6 Å². The Morgan fingerprint density at radius 1 is 0.611 bits per heavy atom. The summed E-state index contributed by atoms with van der Waals surface area (Å²) in [5.41, 5.74) is 7.52. The van der Waals surface area contributed by atoms with Crippen molar-refractivity contribution < 1.29 is 0 Å². The van der Waals surface area contributed by atoms with Crippen molar-refractivity contribution in [3.63, 3.8) is 0 Å². The van der Waals surface area contributed by atoms with Gasteiger partial charge in [0.1, 0.15) is 0 Å². The molecule has 2 rings (SSSR count). The van der Waals surface area contributed by atoms with Crippen LogP contribution in [0, 0.1) is 41.5 Å². The van der Waals surface area contributed by atoms with Gasteiger partial charge in [0.15, 0.2) is 0 Å². The van der Waals surface area contributed by atoms with Crippen LogP contribution in [0.3, 0.4) is 0 Å². The maximum atomic E-state index is 4.14. The van der Waals surface area contributed by atoms with Crippen molar-refractivity contribution in [1.29, 1.82) is 0 Å². The van der Waals surface area contributed by atoms with E-state index >= 15 is 0 Å². The van der Waals surface area contributed by atoms with E-state index in [-0.39, 0.29) is 0 Å². The zero-order valence-corrected chi connectivity index (χ0v) is 12.2. The zero-order chi connectivity index (χ0) is 13.7. The van der Waals surface area contributed by atoms with Gasteiger partial charge in [-0.05, 0) is 75.9 Å². The average Bonchev–Trinajstić information content (AvgIpc) is 2.34. The molecule has 0 fully saturated rings. The van der Waals surface area contributed by atoms with Crippen LogP contribution < -0.4 is 0 Å². The summed E-state index contributed by atoms with van der Waals surface area (Å²) in [5.74, 6) is 0. The fourth-order valence-electron chi connectivity index (χ4n) is 1.54. The van der Waals surface area contributed by atoms with Crippen molar-refractivity contribution in [2.24, 2.45) is 0 Å². The lowest BCUT2D eigenvalue weighted by atomic mass is 10.1. The van der Waals surface area contributed by atoms with Gasteiger partial charge >= 0.3 is 0 Å². The molecule has 0 spiro atoms. The topological polar surface area (TPSA) is 25.8 Å². The van der Waals surface area contributed by atoms with Crippen LogP contribution in [-0.4, -0.2) is 9.97 Å². The normalized spacial score (nSPS) is 9.67. The molecule has 0 unspecified atom stereocenters. The molecule has 0 aliphatic rings. The van der Waals surface area contributed by atoms with Crippen LogP contribution in [0.5, 0.6) is 0 Å². The minimum Gasteiger partial charge on any atom is -0.261 e. The summed E-state index contributed by atoms with van der Waals surface area (Å²) in [6.45, 7) is 12.5. The third kappa shape index (κ3) is 3.66. The Morgan fingerprint density at radius 2 is 0.944 bits per heavy atom. The molecule has 2 aromatic rings. The summed E-state index contributed by atoms with van der Waals surface area (Å²) in [6.07, 6.45) is 3.69. The van der Waals surface area contributed by atoms with E-state index < -0.39 is 0 Å². The highest BCUT2D eigenvalue weighted by Gasteiger charge is 1.94. The zero-order valence-electron chi connectivity index (χ0n) is 12.2. The molecule has 96 valence electrons. The molecule has 2 heterocycles. The molecule has 2 aromatic heterocycles. The molecular formula is C16H22N2. The van der Waals surface area contributed by atoms with Gasteiger partial charge in [-0.1, -0.05) is 0 Å². The molecule has 18 heavy (non-hydrogen) atoms. The van der Waals surface area contributed by atoms with Crippen molar-refractivity contribution >= 4 is 0 Å². The Kier molecular flexibility index (Phi) is 5.02. The number of nitrogens with zero attached hydrogens (tertiary/aromatic N) is 2. The highest BCUT2D eigenvalue weighted by atomic mass is 14.7. The van der Waals surface area contributed by atoms with Crippen LogP contribution in [0.25, 0.3) is 0 Å². The third-order valence-electron chi connectivity index (χ3n) is 3.45. The number of aromatic nitrogens is 2. The molecule has 0 aliphatic heterocycles. The van der Waals surface area contributed by atoms with Gasteiger partial charge in [0.05, 0.1) is 0 Å². The van der Waals surface area contributed by atoms with Gasteiger partial charge in [0.2, 0.25) is 0 Å². The van der Waals surface area contributed by atoms with E-state index in [1.54, 1.807) is 0 Å². The molecule has 0 saturated heterocycles. The molecule has 0 bridgehead atoms. The first kappa shape index (κ1) is 14.4. The molecule has 0 N–H and O–H groups in total. The third-order valence-corrected chi connectivity index (χ3v) is 3.45. The van der Waals surface area contributed by atoms with E-state index in [0.717, 1.165) is 11.4 Å². The van der Waals surface area contributed by atoms with Gasteiger partial charge in [-0.2, -0.15) is 0 Å². The first-order valence-corrected chi connectivity index (χ1v) is 6.21. The Morgan fingerprint density at radius 3 is 1.17 bits per heavy atom. The van der Waals surface area contributed by atoms with E-state index in [1.807, 2.05) is 38.4 Å². The number of hydrogen-bond donors (Lipinski definition) is 0. The molecule has 0 atom stereocenters. The SMILES string of the molecule is Cc1ccnc(C)c1C.Cc1ccnc(C)c1C. The summed E-state index contributed by atoms with van der Waals surface area (Å²) >= 11 is 0. The Hall–Kier alpha value is -1.70. The largest absolute Gasteiger partial charge is 0.261 e. The number of aryl methyl sites for hydroxylation is 4. The van der Waals surface area contributed by atoms with Gasteiger partial charge in [0.25, 0.3) is 0 Å². The van der Waals surface area contributed by atoms with Gasteiger partial charge in [-0.25, -0.2) is 0 Å². The summed E-state index contributed by atoms with van der Waals surface area (Å²) < 4.78 is 0. The molecule has 0 aromatic carbocycles. The minimum atomic E-state index is 1.13. The minimum absolute atomic E-state index is 1.13. The predicted octanol–water partition coefficient (Wildman–Crippen LogP) is 4.01. The summed E-state index contributed by atoms with van der Waals surface area (Å²) in [7, 11) is 0. The van der Waals surface area contributed by atoms with Gasteiger partial charge < -0.3 is 0 Å². The summed E-state index contributed by atoms with van der Waals surface area (Å²) in [5, 5.41) is 0. The van der Waals surface area contributed by atoms with Gasteiger partial charge in [0, 0.05) is 23.8 Å². The quantitative estimate of drug-likeness (QED) is 0.697. The van der Waals surface area contributed by atoms with Crippen LogP contribution in [-0.2, 0) is 0 Å². The van der Waals surface area contributed by atoms with Crippen molar-refractivity contribution in [1.82, 2.24) is 9.97 Å². The smallest absolute Gasteiger partial charge is 0.0404 e. The molecule has 0 saturated carbocycles. The lowest BCUT2D eigenvalue weighted by Gasteiger charge is -1.99. The molecule has 2 nitrogen and oxygen atoms in total. The highest BCUT2D eigenvalue weighted by Crippen LogP contribution is 2.07. The van der Waals surface area contributed by atoms with Crippen molar-refractivity contribution in [3.05, 3.63) is 58.2 Å². The summed E-state index contributed by atoms with van der Waals surface area (Å²) in [4.78, 5) is 8.28. The second-order valence-electron chi connectivity index (χ2n) is 4.68. The van der Waals surface area contributed by atoms with E-state index in [2.05, 4.69) is 37.7 Å². The monoisotopic (exact) mass is 242 g/mol. The molecule has 0 radical (unpaired) electrons. The predicted molar refractivity (Wildman–Crippen MR) is 76.9 cm³/mol. The standard InChI is InChI=1S/2C8H11N/c2*1-6-4-5-9-8(3)7(6)2/h2*4-5H,1-3H3. The summed E-state index contributed by atoms with van der Waals surface area (Å²) in [6, 6.07) is 4.06. The Labute approximate surface area is 110 Å². The maximum absolute atomic E-state index is 4.14. The number of pyridine rings is 2.